The van der Waals surface area contributed by atoms with Gasteiger partial charge in [0, 0.05) is 95.4 Å². The van der Waals surface area contributed by atoms with E-state index in [1.54, 1.807) is 44.3 Å². The summed E-state index contributed by atoms with van der Waals surface area (Å²) in [6, 6.07) is -15.1. The lowest BCUT2D eigenvalue weighted by Gasteiger charge is -2.34. The van der Waals surface area contributed by atoms with Crippen molar-refractivity contribution in [1.29, 1.82) is 37.9 Å². The molecule has 1 aromatic carbocycles. The number of fused-ring (bicyclic) bond motifs is 4. The molecule has 6 rings (SSSR count). The molecule has 4 aliphatic rings. The fraction of sp³-hybridized carbons (Fsp3) is 0.622. The fourth-order valence-electron chi connectivity index (χ4n) is 16.2. The Balaban J connectivity index is 1.52. The van der Waals surface area contributed by atoms with Gasteiger partial charge in [-0.3, -0.25) is 115 Å². The highest BCUT2D eigenvalue weighted by Crippen LogP contribution is 2.29. The predicted octanol–water partition coefficient (Wildman–Crippen LogP) is -10.3. The van der Waals surface area contributed by atoms with Gasteiger partial charge >= 0.3 is 0 Å². The molecular formula is C82H138N38O16. The molecule has 14 atom stereocenters. The lowest BCUT2D eigenvalue weighted by Crippen LogP contribution is -2.61. The zero-order chi connectivity index (χ0) is 100. The summed E-state index contributed by atoms with van der Waals surface area (Å²) in [6.45, 7) is 2.60. The summed E-state index contributed by atoms with van der Waals surface area (Å²) >= 11 is 0. The first-order valence-corrected chi connectivity index (χ1v) is 45.5. The Kier molecular flexibility index (Phi) is 45.0. The van der Waals surface area contributed by atoms with Gasteiger partial charge in [0.05, 0.1) is 6.42 Å². The van der Waals surface area contributed by atoms with Crippen LogP contribution in [-0.2, 0) is 83.1 Å². The van der Waals surface area contributed by atoms with Crippen LogP contribution < -0.4 is 147 Å². The minimum atomic E-state index is -1.99. The molecule has 44 N–H and O–H groups in total. The minimum absolute atomic E-state index is 0.0114. The van der Waals surface area contributed by atoms with Crippen LogP contribution in [-0.4, -0.2) is 306 Å². The number of nitrogens with one attached hydrogen (secondary N) is 26. The van der Waals surface area contributed by atoms with Crippen molar-refractivity contribution >= 4 is 147 Å². The molecule has 0 spiro atoms. The van der Waals surface area contributed by atoms with E-state index in [4.69, 9.17) is 89.5 Å². The molecule has 0 aliphatic carbocycles. The van der Waals surface area contributed by atoms with Crippen LogP contribution in [0.5, 0.6) is 0 Å². The number of hydrogen-bond acceptors (Lipinski definition) is 23. The molecule has 4 saturated heterocycles. The summed E-state index contributed by atoms with van der Waals surface area (Å²) in [5, 5.41) is 103. The van der Waals surface area contributed by atoms with E-state index in [9.17, 15) is 33.6 Å². The number of para-hydroxylation sites is 1. The summed E-state index contributed by atoms with van der Waals surface area (Å²) in [7, 11) is 0. The normalized spacial score (nSPS) is 23.8. The molecule has 5 heterocycles. The largest absolute Gasteiger partial charge is 0.370 e. The lowest BCUT2D eigenvalue weighted by atomic mass is 10.00. The first-order valence-electron chi connectivity index (χ1n) is 45.5. The third-order valence-corrected chi connectivity index (χ3v) is 23.1. The van der Waals surface area contributed by atoms with Gasteiger partial charge in [0.2, 0.25) is 94.5 Å². The Bertz CT molecular complexity index is 4610. The van der Waals surface area contributed by atoms with E-state index < -0.39 is 246 Å². The van der Waals surface area contributed by atoms with Gasteiger partial charge < -0.3 is 167 Å². The van der Waals surface area contributed by atoms with Gasteiger partial charge in [-0.2, -0.15) is 0 Å². The Labute approximate surface area is 785 Å². The first kappa shape index (κ1) is 110. The SMILES string of the molecule is CC(C)[C@@H]1NC(=O)[C@H](CCCNC(=N)N)NC(=O)[C@H](CCCNC(=N)N)NC(=O)[C@H](CCCNC(=N)N)NC(=O)[C@H](Cc2c[nH]c3ccccc23)NC(=O)[C@H]2CCCN2C(=O)[C@@H]2CCCN2C(=O)[C@H](CCCNC(=N)N)NC(=O)[C@H](CCCNC(=N)N)NC(=O)[C@H](CC(N)=O)NC(=O)[C@H](CCCNC(=N)N)NC(=O)[C@H](CCC(N)=O)NC(=O)[C@@H](CCCNC(=N)N)NC(=O)[C@@H]2CCCN2C1=O. The second-order valence-electron chi connectivity index (χ2n) is 34.0. The number of H-pyrrole nitrogens is 1. The van der Waals surface area contributed by atoms with E-state index in [2.05, 4.69) is 101 Å². The highest BCUT2D eigenvalue weighted by molar-refractivity contribution is 6.03. The van der Waals surface area contributed by atoms with E-state index in [0.717, 1.165) is 0 Å². The molecule has 2 aromatic rings. The van der Waals surface area contributed by atoms with Crippen LogP contribution in [0.2, 0.25) is 0 Å². The van der Waals surface area contributed by atoms with Gasteiger partial charge in [0.15, 0.2) is 41.7 Å². The van der Waals surface area contributed by atoms with Gasteiger partial charge in [0.1, 0.15) is 84.6 Å². The van der Waals surface area contributed by atoms with Crippen LogP contribution in [0.3, 0.4) is 0 Å². The molecule has 752 valence electrons. The van der Waals surface area contributed by atoms with Gasteiger partial charge in [-0.25, -0.2) is 0 Å². The number of nitrogens with zero attached hydrogens (tertiary/aromatic N) is 3. The average molecular weight is 1910 g/mol. The molecule has 4 fully saturated rings. The summed E-state index contributed by atoms with van der Waals surface area (Å²) in [6.07, 6.45) is -2.03. The monoisotopic (exact) mass is 1910 g/mol. The van der Waals surface area contributed by atoms with Crippen molar-refractivity contribution in [3.05, 3.63) is 36.0 Å². The number of aromatic nitrogens is 1. The van der Waals surface area contributed by atoms with Crippen molar-refractivity contribution in [3.8, 4) is 0 Å². The lowest BCUT2D eigenvalue weighted by molar-refractivity contribution is -0.148. The molecule has 0 unspecified atom stereocenters. The number of rotatable bonds is 36. The number of amides is 16. The maximum atomic E-state index is 15.5. The summed E-state index contributed by atoms with van der Waals surface area (Å²) in [5.41, 5.74) is 51.8. The number of hydrogen-bond donors (Lipinski definition) is 35. The van der Waals surface area contributed by atoms with Crippen molar-refractivity contribution in [3.63, 3.8) is 0 Å². The molecule has 16 amide bonds. The predicted molar refractivity (Wildman–Crippen MR) is 499 cm³/mol. The summed E-state index contributed by atoms with van der Waals surface area (Å²) < 4.78 is 0. The highest BCUT2D eigenvalue weighted by atomic mass is 16.2. The Morgan fingerprint density at radius 2 is 0.618 bits per heavy atom. The third kappa shape index (κ3) is 36.6. The first-order chi connectivity index (χ1) is 64.5. The molecule has 54 nitrogen and oxygen atoms in total. The van der Waals surface area contributed by atoms with Gasteiger partial charge in [-0.15, -0.1) is 0 Å². The highest BCUT2D eigenvalue weighted by Gasteiger charge is 2.47. The maximum absolute atomic E-state index is 15.5. The molecule has 136 heavy (non-hydrogen) atoms. The molecule has 0 saturated carbocycles. The minimum Gasteiger partial charge on any atom is -0.370 e. The van der Waals surface area contributed by atoms with E-state index >= 15 is 43.2 Å². The number of primary amides is 2. The van der Waals surface area contributed by atoms with Gasteiger partial charge in [0.25, 0.3) is 0 Å². The zero-order valence-corrected chi connectivity index (χ0v) is 76.7. The molecule has 1 aromatic heterocycles. The Morgan fingerprint density at radius 3 is 0.963 bits per heavy atom. The molecular weight excluding hydrogens is 1770 g/mol. The van der Waals surface area contributed by atoms with Crippen LogP contribution in [0.25, 0.3) is 10.9 Å². The summed E-state index contributed by atoms with van der Waals surface area (Å²) in [4.78, 5) is 245. The number of aromatic amines is 1. The van der Waals surface area contributed by atoms with E-state index in [0.29, 0.717) is 16.5 Å². The molecule has 4 aliphatic heterocycles. The number of guanidine groups is 7. The number of benzene rings is 1. The van der Waals surface area contributed by atoms with E-state index in [-0.39, 0.29) is 200 Å². The Hall–Kier alpha value is -14.8. The van der Waals surface area contributed by atoms with Crippen LogP contribution in [0.15, 0.2) is 30.5 Å². The maximum Gasteiger partial charge on any atom is 0.246 e. The number of carbonyl (C=O) groups is 16. The quantitative estimate of drug-likeness (QED) is 0.0171. The average Bonchev–Trinajstić information content (AvgIpc) is 1.64. The second kappa shape index (κ2) is 55.6. The van der Waals surface area contributed by atoms with Gasteiger partial charge in [-0.1, -0.05) is 32.0 Å². The third-order valence-electron chi connectivity index (χ3n) is 23.1. The summed E-state index contributed by atoms with van der Waals surface area (Å²) in [5.74, 6) is -19.8. The molecule has 0 radical (unpaired) electrons. The second-order valence-corrected chi connectivity index (χ2v) is 34.0. The fourth-order valence-corrected chi connectivity index (χ4v) is 16.2. The van der Waals surface area contributed by atoms with Crippen molar-refractivity contribution in [1.82, 2.24) is 115 Å². The van der Waals surface area contributed by atoms with Gasteiger partial charge in [-0.05, 0) is 152 Å². The van der Waals surface area contributed by atoms with Crippen LogP contribution in [0.4, 0.5) is 0 Å². The van der Waals surface area contributed by atoms with E-state index in [1.165, 1.54) is 14.7 Å². The molecule has 54 heteroatoms. The van der Waals surface area contributed by atoms with Crippen molar-refractivity contribution in [2.24, 2.45) is 57.5 Å². The van der Waals surface area contributed by atoms with Crippen molar-refractivity contribution in [2.45, 2.75) is 253 Å². The number of nitrogens with two attached hydrogens (primary N) is 9. The zero-order valence-electron chi connectivity index (χ0n) is 76.7. The van der Waals surface area contributed by atoms with Crippen LogP contribution in [0.1, 0.15) is 167 Å². The smallest absolute Gasteiger partial charge is 0.246 e. The van der Waals surface area contributed by atoms with E-state index in [1.807, 2.05) is 0 Å². The Morgan fingerprint density at radius 1 is 0.338 bits per heavy atom. The van der Waals surface area contributed by atoms with Crippen LogP contribution in [0, 0.1) is 43.8 Å². The standard InChI is InChI=1S/C82H138N38O16/c1-42(2)61-75(136)119-37-13-25-57(119)71(132)113-50(21-9-33-103-80(93)94)64(125)112-52(27-28-59(83)121)67(128)108-49(20-8-32-102-79(91)92)66(127)115-55(40-60(84)122)70(131)111-48(19-7-31-101-78(89)90)65(126)114-53(23-11-35-105-82(97)98)73(134)120-38-14-26-58(120)74(135)118-36-12-24-56(118)72(133)116-54(39-43-41-106-45-16-4-3-15-44(43)45)69(130)110-47(18-6-30-100-77(87)88)63(124)107-46(17-5-29-99-76(85)86)62(123)109-51(68(129)117-61)22-10-34-104-81(95)96/h3-4,15-16,41-42,46-58,61,106H,5-14,17-40H2,1-2H3,(H2,83,121)(H2,84,122)(H,107,124)(H,108,128)(H,109,123)(H,110,130)(H,111,131)(H,112,125)(H,113,132)(H,114,126)(H,115,127)(H,116,133)(H,117,129)(H4,85,86,99)(H4,87,88,100)(H4,89,90,101)(H4,91,92,102)(H4,93,94,103)(H4,95,96,104)(H4,97,98,105)/t46-,47-,48-,49-,50+,51-,52-,53-,54-,55-,56+,57-,58-,61-/m0/s1. The topological polar surface area (TPSA) is 916 Å². The number of carbonyl (C=O) groups excluding carboxylic acids is 16. The molecule has 0 bridgehead atoms. The van der Waals surface area contributed by atoms with Crippen molar-refractivity contribution < 1.29 is 76.7 Å². The van der Waals surface area contributed by atoms with Crippen LogP contribution >= 0.6 is 0 Å². The van der Waals surface area contributed by atoms with Crippen molar-refractivity contribution in [2.75, 3.05) is 65.4 Å².